The van der Waals surface area contributed by atoms with E-state index < -0.39 is 4.92 Å². The van der Waals surface area contributed by atoms with E-state index in [4.69, 9.17) is 0 Å². The van der Waals surface area contributed by atoms with Crippen molar-refractivity contribution < 1.29 is 4.92 Å². The minimum atomic E-state index is -0.416. The number of fused-ring (bicyclic) bond motifs is 1. The van der Waals surface area contributed by atoms with Gasteiger partial charge in [-0.15, -0.1) is 11.3 Å². The van der Waals surface area contributed by atoms with Gasteiger partial charge in [0.2, 0.25) is 5.13 Å². The molecular weight excluding hydrogens is 350 g/mol. The van der Waals surface area contributed by atoms with Crippen LogP contribution >= 0.6 is 11.3 Å². The fraction of sp³-hybridized carbons (Fsp3) is 0. The first-order valence-electron chi connectivity index (χ1n) is 7.76. The Kier molecular flexibility index (Phi) is 4.16. The van der Waals surface area contributed by atoms with Crippen LogP contribution in [0.15, 0.2) is 65.2 Å². The number of aromatic amines is 1. The fourth-order valence-electron chi connectivity index (χ4n) is 2.59. The van der Waals surface area contributed by atoms with Crippen molar-refractivity contribution in [3.05, 3.63) is 75.8 Å². The number of aromatic nitrogens is 2. The molecule has 2 N–H and O–H groups in total. The van der Waals surface area contributed by atoms with E-state index >= 15 is 0 Å². The Morgan fingerprint density at radius 1 is 1.23 bits per heavy atom. The number of rotatable bonds is 5. The maximum absolute atomic E-state index is 10.9. The van der Waals surface area contributed by atoms with Crippen molar-refractivity contribution >= 4 is 39.3 Å². The highest BCUT2D eigenvalue weighted by atomic mass is 32.1. The molecule has 2 aromatic heterocycles. The molecule has 0 aliphatic rings. The van der Waals surface area contributed by atoms with Crippen molar-refractivity contribution in [2.75, 3.05) is 5.43 Å². The second-order valence-corrected chi connectivity index (χ2v) is 6.36. The lowest BCUT2D eigenvalue weighted by atomic mass is 10.1. The smallest absolute Gasteiger partial charge is 0.270 e. The average molecular weight is 363 g/mol. The predicted molar refractivity (Wildman–Crippen MR) is 104 cm³/mol. The van der Waals surface area contributed by atoms with Gasteiger partial charge in [-0.2, -0.15) is 5.10 Å². The number of nitro benzene ring substituents is 1. The van der Waals surface area contributed by atoms with E-state index in [-0.39, 0.29) is 5.69 Å². The average Bonchev–Trinajstić information content (AvgIpc) is 3.29. The van der Waals surface area contributed by atoms with Crippen molar-refractivity contribution in [2.45, 2.75) is 0 Å². The fourth-order valence-corrected chi connectivity index (χ4v) is 3.26. The van der Waals surface area contributed by atoms with Gasteiger partial charge in [0, 0.05) is 45.7 Å². The largest absolute Gasteiger partial charge is 0.361 e. The zero-order valence-electron chi connectivity index (χ0n) is 13.4. The third-order valence-corrected chi connectivity index (χ3v) is 4.59. The Balaban J connectivity index is 1.50. The summed E-state index contributed by atoms with van der Waals surface area (Å²) in [5, 5.41) is 18.7. The van der Waals surface area contributed by atoms with Crippen LogP contribution in [-0.4, -0.2) is 21.1 Å². The lowest BCUT2D eigenvalue weighted by Crippen LogP contribution is -1.90. The molecule has 0 radical (unpaired) electrons. The molecule has 0 spiro atoms. The van der Waals surface area contributed by atoms with Crippen LogP contribution in [0, 0.1) is 10.1 Å². The molecule has 0 bridgehead atoms. The number of non-ortho nitro benzene ring substituents is 1. The normalized spacial score (nSPS) is 11.2. The summed E-state index contributed by atoms with van der Waals surface area (Å²) in [4.78, 5) is 18.1. The third kappa shape index (κ3) is 3.17. The van der Waals surface area contributed by atoms with Gasteiger partial charge in [0.05, 0.1) is 16.8 Å². The molecule has 0 saturated heterocycles. The first-order valence-corrected chi connectivity index (χ1v) is 8.64. The van der Waals surface area contributed by atoms with Gasteiger partial charge in [-0.25, -0.2) is 4.98 Å². The zero-order chi connectivity index (χ0) is 17.9. The molecule has 4 rings (SSSR count). The number of para-hydroxylation sites is 1. The molecule has 7 nitrogen and oxygen atoms in total. The van der Waals surface area contributed by atoms with Crippen LogP contribution in [0.2, 0.25) is 0 Å². The lowest BCUT2D eigenvalue weighted by Gasteiger charge is -1.97. The Labute approximate surface area is 152 Å². The molecule has 2 aromatic carbocycles. The van der Waals surface area contributed by atoms with Gasteiger partial charge in [0.15, 0.2) is 0 Å². The first kappa shape index (κ1) is 16.0. The summed E-state index contributed by atoms with van der Waals surface area (Å²) >= 11 is 1.39. The van der Waals surface area contributed by atoms with E-state index in [9.17, 15) is 10.1 Å². The Bertz CT molecular complexity index is 1120. The number of hydrazone groups is 1. The Hall–Kier alpha value is -3.52. The van der Waals surface area contributed by atoms with Crippen molar-refractivity contribution in [3.63, 3.8) is 0 Å². The van der Waals surface area contributed by atoms with E-state index in [1.807, 2.05) is 35.8 Å². The minimum Gasteiger partial charge on any atom is -0.361 e. The summed E-state index contributed by atoms with van der Waals surface area (Å²) in [7, 11) is 0. The molecule has 26 heavy (non-hydrogen) atoms. The molecule has 0 saturated carbocycles. The van der Waals surface area contributed by atoms with Gasteiger partial charge in [-0.3, -0.25) is 15.5 Å². The summed E-state index contributed by atoms with van der Waals surface area (Å²) in [6, 6.07) is 14.4. The highest BCUT2D eigenvalue weighted by Gasteiger charge is 2.09. The molecule has 0 fully saturated rings. The molecule has 0 aliphatic carbocycles. The number of nitrogens with zero attached hydrogens (tertiary/aromatic N) is 3. The third-order valence-electron chi connectivity index (χ3n) is 3.84. The van der Waals surface area contributed by atoms with Gasteiger partial charge in [0.1, 0.15) is 0 Å². The molecule has 0 amide bonds. The molecule has 8 heteroatoms. The number of nitro groups is 1. The van der Waals surface area contributed by atoms with Crippen LogP contribution < -0.4 is 5.43 Å². The summed E-state index contributed by atoms with van der Waals surface area (Å²) < 4.78 is 0. The topological polar surface area (TPSA) is 96.2 Å². The van der Waals surface area contributed by atoms with Gasteiger partial charge in [0.25, 0.3) is 5.69 Å². The number of H-pyrrole nitrogens is 1. The number of benzene rings is 2. The SMILES string of the molecule is O=[N+]([O-])c1cccc(-c2csc(N/N=C/c3c[nH]c4ccccc34)n2)c1. The van der Waals surface area contributed by atoms with Crippen molar-refractivity contribution in [1.29, 1.82) is 0 Å². The van der Waals surface area contributed by atoms with E-state index in [0.29, 0.717) is 16.4 Å². The summed E-state index contributed by atoms with van der Waals surface area (Å²) in [5.74, 6) is 0. The monoisotopic (exact) mass is 363 g/mol. The first-order chi connectivity index (χ1) is 12.7. The Morgan fingerprint density at radius 2 is 2.12 bits per heavy atom. The molecule has 0 aliphatic heterocycles. The minimum absolute atomic E-state index is 0.0439. The van der Waals surface area contributed by atoms with Gasteiger partial charge >= 0.3 is 0 Å². The summed E-state index contributed by atoms with van der Waals surface area (Å²) in [6.45, 7) is 0. The van der Waals surface area contributed by atoms with Crippen LogP contribution in [0.1, 0.15) is 5.56 Å². The highest BCUT2D eigenvalue weighted by molar-refractivity contribution is 7.14. The standard InChI is InChI=1S/C18H13N5O2S/c24-23(25)14-5-3-4-12(8-14)17-11-26-18(21-17)22-20-10-13-9-19-16-7-2-1-6-15(13)16/h1-11,19H,(H,21,22)/b20-10+. The molecule has 2 heterocycles. The van der Waals surface area contributed by atoms with E-state index in [2.05, 4.69) is 20.5 Å². The summed E-state index contributed by atoms with van der Waals surface area (Å²) in [6.07, 6.45) is 3.62. The molecule has 0 unspecified atom stereocenters. The highest BCUT2D eigenvalue weighted by Crippen LogP contribution is 2.27. The van der Waals surface area contributed by atoms with Crippen LogP contribution in [0.5, 0.6) is 0 Å². The number of hydrogen-bond donors (Lipinski definition) is 2. The molecule has 0 atom stereocenters. The number of hydrogen-bond acceptors (Lipinski definition) is 6. The number of nitrogens with one attached hydrogen (secondary N) is 2. The van der Waals surface area contributed by atoms with E-state index in [0.717, 1.165) is 16.5 Å². The van der Waals surface area contributed by atoms with Crippen molar-refractivity contribution in [1.82, 2.24) is 9.97 Å². The van der Waals surface area contributed by atoms with Gasteiger partial charge in [-0.05, 0) is 6.07 Å². The second kappa shape index (κ2) is 6.77. The molecular formula is C18H13N5O2S. The van der Waals surface area contributed by atoms with Crippen LogP contribution in [0.3, 0.4) is 0 Å². The molecule has 128 valence electrons. The maximum atomic E-state index is 10.9. The number of anilines is 1. The lowest BCUT2D eigenvalue weighted by molar-refractivity contribution is -0.384. The van der Waals surface area contributed by atoms with E-state index in [1.54, 1.807) is 18.3 Å². The van der Waals surface area contributed by atoms with E-state index in [1.165, 1.54) is 23.5 Å². The zero-order valence-corrected chi connectivity index (χ0v) is 14.2. The molecule has 4 aromatic rings. The van der Waals surface area contributed by atoms with Gasteiger partial charge < -0.3 is 4.98 Å². The van der Waals surface area contributed by atoms with Crippen LogP contribution in [0.4, 0.5) is 10.8 Å². The second-order valence-electron chi connectivity index (χ2n) is 5.50. The Morgan fingerprint density at radius 3 is 3.00 bits per heavy atom. The number of thiazole rings is 1. The van der Waals surface area contributed by atoms with Gasteiger partial charge in [-0.1, -0.05) is 30.3 Å². The maximum Gasteiger partial charge on any atom is 0.270 e. The van der Waals surface area contributed by atoms with Crippen LogP contribution in [-0.2, 0) is 0 Å². The van der Waals surface area contributed by atoms with Crippen molar-refractivity contribution in [2.24, 2.45) is 5.10 Å². The quantitative estimate of drug-likeness (QED) is 0.306. The summed E-state index contributed by atoms with van der Waals surface area (Å²) in [5.41, 5.74) is 6.34. The van der Waals surface area contributed by atoms with Crippen molar-refractivity contribution in [3.8, 4) is 11.3 Å². The predicted octanol–water partition coefficient (Wildman–Crippen LogP) is 4.65. The van der Waals surface area contributed by atoms with Crippen LogP contribution in [0.25, 0.3) is 22.2 Å².